The first-order chi connectivity index (χ1) is 35.6. The number of anilines is 2. The van der Waals surface area contributed by atoms with E-state index in [1.807, 2.05) is 67.5 Å². The van der Waals surface area contributed by atoms with Crippen LogP contribution in [0.5, 0.6) is 0 Å². The summed E-state index contributed by atoms with van der Waals surface area (Å²) in [6.07, 6.45) is 8.39. The van der Waals surface area contributed by atoms with E-state index in [1.165, 1.54) is 17.0 Å². The van der Waals surface area contributed by atoms with Gasteiger partial charge in [-0.1, -0.05) is 45.0 Å². The lowest BCUT2D eigenvalue weighted by molar-refractivity contribution is -0.144. The fourth-order valence-electron chi connectivity index (χ4n) is 9.24. The summed E-state index contributed by atoms with van der Waals surface area (Å²) >= 11 is 1.56. The van der Waals surface area contributed by atoms with Crippen LogP contribution in [0.15, 0.2) is 72.8 Å². The van der Waals surface area contributed by atoms with E-state index in [2.05, 4.69) is 41.4 Å². The molecular weight excluding hydrogens is 970 g/mol. The third kappa shape index (κ3) is 12.3. The van der Waals surface area contributed by atoms with Gasteiger partial charge in [0.05, 0.1) is 71.4 Å². The van der Waals surface area contributed by atoms with Crippen molar-refractivity contribution in [2.75, 3.05) is 64.3 Å². The number of carbonyl (C=O) groups is 5. The summed E-state index contributed by atoms with van der Waals surface area (Å²) in [6, 6.07) is 10.3. The van der Waals surface area contributed by atoms with Gasteiger partial charge in [-0.25, -0.2) is 19.3 Å². The Balaban J connectivity index is 0.674. The molecule has 0 bridgehead atoms. The molecule has 22 heteroatoms. The summed E-state index contributed by atoms with van der Waals surface area (Å²) in [7, 11) is 0. The molecule has 6 heterocycles. The number of aromatic nitrogens is 6. The standard InChI is InChI=1S/C52H62FN13O7S/c1-31-45(74-30-57-31)34-7-5-32(6-8-34)23-56-49(70)41-22-37(67)27-66(41)51(72)46(52(2,3)4)62-43(68)13-19-73-20-14-54-44(69)29-63-15-17-64(18-16-63)50(71)35-11-12-39(38(53)21-35)60-47-48-55-26-42(36-24-58-59-25-36)65(48)28-40(61-47)33-9-10-33/h5-8,11-12,21,24-26,28,30,33,37,41,46,67H,9-10,13-20,22-23,27,29H2,1-4H3,(H,54,69)(H,56,70)(H,58,59)(H,60,61)(H,62,68)/t37-,41+,46-/m1/s1. The number of aromatic amines is 1. The van der Waals surface area contributed by atoms with Crippen molar-refractivity contribution < 1.29 is 38.2 Å². The van der Waals surface area contributed by atoms with Crippen LogP contribution in [0, 0.1) is 18.2 Å². The number of likely N-dealkylation sites (tertiary alicyclic amines) is 1. The largest absolute Gasteiger partial charge is 0.391 e. The highest BCUT2D eigenvalue weighted by atomic mass is 32.1. The number of imidazole rings is 1. The van der Waals surface area contributed by atoms with Crippen molar-refractivity contribution in [3.05, 3.63) is 101 Å². The molecule has 3 aliphatic rings. The number of nitrogens with zero attached hydrogens (tertiary/aromatic N) is 8. The minimum Gasteiger partial charge on any atom is -0.391 e. The second-order valence-electron chi connectivity index (χ2n) is 20.2. The number of thiazole rings is 1. The van der Waals surface area contributed by atoms with Crippen LogP contribution in [-0.2, 0) is 30.5 Å². The van der Waals surface area contributed by atoms with Crippen LogP contribution in [-0.4, -0.2) is 156 Å². The number of nitrogens with one attached hydrogen (secondary N) is 5. The monoisotopic (exact) mass is 1030 g/mol. The van der Waals surface area contributed by atoms with Gasteiger partial charge in [-0.15, -0.1) is 11.3 Å². The van der Waals surface area contributed by atoms with Crippen molar-refractivity contribution >= 4 is 58.0 Å². The first-order valence-electron chi connectivity index (χ1n) is 24.9. The van der Waals surface area contributed by atoms with Crippen molar-refractivity contribution in [3.8, 4) is 21.7 Å². The molecule has 390 valence electrons. The number of H-pyrrole nitrogens is 1. The maximum absolute atomic E-state index is 15.7. The number of aryl methyl sites for hydroxylation is 1. The number of fused-ring (bicyclic) bond motifs is 1. The van der Waals surface area contributed by atoms with Gasteiger partial charge in [0.25, 0.3) is 5.91 Å². The Morgan fingerprint density at radius 2 is 1.74 bits per heavy atom. The molecule has 0 spiro atoms. The number of β-amino-alcohol motifs (C(OH)–C–C–N with tert-alkyl or cyclic N) is 1. The molecule has 4 aromatic heterocycles. The second-order valence-corrected chi connectivity index (χ2v) is 21.0. The second kappa shape index (κ2) is 22.5. The predicted molar refractivity (Wildman–Crippen MR) is 275 cm³/mol. The SMILES string of the molecule is Cc1ncsc1-c1ccc(CNC(=O)[C@@H]2C[C@@H](O)CN2C(=O)[C@@H](NC(=O)CCOCCNC(=O)CN2CCN(C(=O)c3ccc(Nc4nc(C5CC5)cn5c(-c6cn[nH]c6)cnc45)c(F)c3)CC2)C(C)(C)C)cc1. The topological polar surface area (TPSA) is 244 Å². The lowest BCUT2D eigenvalue weighted by Crippen LogP contribution is -2.57. The summed E-state index contributed by atoms with van der Waals surface area (Å²) in [4.78, 5) is 86.6. The van der Waals surface area contributed by atoms with Crippen LogP contribution in [0.4, 0.5) is 15.9 Å². The minimum absolute atomic E-state index is 0.0363. The zero-order chi connectivity index (χ0) is 52.1. The molecule has 6 aromatic rings. The van der Waals surface area contributed by atoms with Crippen molar-refractivity contribution in [2.45, 2.75) is 84.0 Å². The van der Waals surface area contributed by atoms with E-state index in [-0.39, 0.29) is 81.2 Å². The zero-order valence-electron chi connectivity index (χ0n) is 41.9. The molecule has 5 amide bonds. The van der Waals surface area contributed by atoms with Gasteiger partial charge in [-0.05, 0) is 54.5 Å². The zero-order valence-corrected chi connectivity index (χ0v) is 42.7. The van der Waals surface area contributed by atoms with Crippen molar-refractivity contribution in [1.29, 1.82) is 0 Å². The van der Waals surface area contributed by atoms with Crippen LogP contribution < -0.4 is 21.3 Å². The highest BCUT2D eigenvalue weighted by Gasteiger charge is 2.44. The minimum atomic E-state index is -0.979. The average molecular weight is 1030 g/mol. The van der Waals surface area contributed by atoms with Gasteiger partial charge in [-0.3, -0.25) is 38.4 Å². The Bertz CT molecular complexity index is 2980. The summed E-state index contributed by atoms with van der Waals surface area (Å²) in [6.45, 7) is 9.74. The molecule has 1 aliphatic carbocycles. The Morgan fingerprint density at radius 3 is 2.43 bits per heavy atom. The van der Waals surface area contributed by atoms with E-state index >= 15 is 4.39 Å². The maximum Gasteiger partial charge on any atom is 0.254 e. The van der Waals surface area contributed by atoms with Crippen LogP contribution >= 0.6 is 11.3 Å². The van der Waals surface area contributed by atoms with E-state index in [1.54, 1.807) is 46.4 Å². The molecule has 2 saturated heterocycles. The summed E-state index contributed by atoms with van der Waals surface area (Å²) in [5.41, 5.74) is 7.42. The maximum atomic E-state index is 15.7. The van der Waals surface area contributed by atoms with E-state index in [0.29, 0.717) is 43.6 Å². The molecule has 3 atom stereocenters. The lowest BCUT2D eigenvalue weighted by Gasteiger charge is -2.35. The molecule has 2 aliphatic heterocycles. The molecule has 74 heavy (non-hydrogen) atoms. The van der Waals surface area contributed by atoms with E-state index in [4.69, 9.17) is 9.72 Å². The number of rotatable bonds is 19. The normalized spacial score (nSPS) is 17.6. The number of hydrogen-bond donors (Lipinski definition) is 6. The van der Waals surface area contributed by atoms with Crippen LogP contribution in [0.25, 0.3) is 27.3 Å². The molecule has 2 aromatic carbocycles. The van der Waals surface area contributed by atoms with Crippen LogP contribution in [0.2, 0.25) is 0 Å². The van der Waals surface area contributed by atoms with Gasteiger partial charge in [0.2, 0.25) is 23.6 Å². The summed E-state index contributed by atoms with van der Waals surface area (Å²) < 4.78 is 23.2. The highest BCUT2D eigenvalue weighted by molar-refractivity contribution is 7.13. The lowest BCUT2D eigenvalue weighted by atomic mass is 9.85. The molecule has 20 nitrogen and oxygen atoms in total. The van der Waals surface area contributed by atoms with Crippen LogP contribution in [0.1, 0.15) is 79.7 Å². The number of piperazine rings is 1. The first-order valence-corrected chi connectivity index (χ1v) is 25.8. The van der Waals surface area contributed by atoms with Gasteiger partial charge in [0, 0.05) is 88.1 Å². The summed E-state index contributed by atoms with van der Waals surface area (Å²) in [5, 5.41) is 29.2. The van der Waals surface area contributed by atoms with E-state index in [9.17, 15) is 29.1 Å². The Morgan fingerprint density at radius 1 is 0.959 bits per heavy atom. The van der Waals surface area contributed by atoms with Gasteiger partial charge in [0.15, 0.2) is 11.5 Å². The predicted octanol–water partition coefficient (Wildman–Crippen LogP) is 4.40. The average Bonchev–Trinajstić information content (AvgIpc) is 3.70. The van der Waals surface area contributed by atoms with Gasteiger partial charge >= 0.3 is 0 Å². The number of benzene rings is 2. The van der Waals surface area contributed by atoms with Crippen molar-refractivity contribution in [2.24, 2.45) is 5.41 Å². The van der Waals surface area contributed by atoms with E-state index in [0.717, 1.165) is 51.5 Å². The Hall–Kier alpha value is -7.14. The molecule has 0 radical (unpaired) electrons. The number of ether oxygens (including phenoxy) is 1. The fraction of sp³-hybridized carbons (Fsp3) is 0.442. The number of amides is 5. The third-order valence-electron chi connectivity index (χ3n) is 13.5. The van der Waals surface area contributed by atoms with Crippen molar-refractivity contribution in [1.82, 2.24) is 60.2 Å². The molecular formula is C52H62FN13O7S. The fourth-order valence-corrected chi connectivity index (χ4v) is 10.1. The van der Waals surface area contributed by atoms with Crippen molar-refractivity contribution in [3.63, 3.8) is 0 Å². The number of aliphatic hydroxyl groups excluding tert-OH is 1. The highest BCUT2D eigenvalue weighted by Crippen LogP contribution is 2.41. The van der Waals surface area contributed by atoms with Crippen LogP contribution in [0.3, 0.4) is 0 Å². The quantitative estimate of drug-likeness (QED) is 0.0618. The first kappa shape index (κ1) is 51.7. The number of carbonyl (C=O) groups excluding carboxylic acids is 5. The molecule has 9 rings (SSSR count). The Labute approximate surface area is 431 Å². The molecule has 3 fully saturated rings. The number of hydrogen-bond acceptors (Lipinski definition) is 14. The molecule has 0 unspecified atom stereocenters. The summed E-state index contributed by atoms with van der Waals surface area (Å²) in [5.74, 6) is -1.66. The van der Waals surface area contributed by atoms with Gasteiger partial charge in [0.1, 0.15) is 17.9 Å². The number of aliphatic hydroxyl groups is 1. The molecule has 1 saturated carbocycles. The smallest absolute Gasteiger partial charge is 0.254 e. The molecule has 6 N–H and O–H groups in total. The van der Waals surface area contributed by atoms with E-state index < -0.39 is 41.2 Å². The number of halogens is 1. The Kier molecular flexibility index (Phi) is 15.8. The van der Waals surface area contributed by atoms with Gasteiger partial charge < -0.3 is 40.9 Å². The van der Waals surface area contributed by atoms with Gasteiger partial charge in [-0.2, -0.15) is 5.10 Å². The third-order valence-corrected chi connectivity index (χ3v) is 14.5.